The Morgan fingerprint density at radius 1 is 0.923 bits per heavy atom. The van der Waals surface area contributed by atoms with Gasteiger partial charge in [-0.25, -0.2) is 8.37 Å². The molecule has 0 aliphatic carbocycles. The molecule has 0 bridgehead atoms. The van der Waals surface area contributed by atoms with Gasteiger partial charge < -0.3 is 9.47 Å². The number of hydrogen-bond acceptors (Lipinski definition) is 6. The zero-order valence-electron chi connectivity index (χ0n) is 16.2. The number of ether oxygens (including phenoxy) is 2. The van der Waals surface area contributed by atoms with E-state index in [2.05, 4.69) is 6.92 Å². The Morgan fingerprint density at radius 3 is 2.23 bits per heavy atom. The summed E-state index contributed by atoms with van der Waals surface area (Å²) in [6.07, 6.45) is 5.49. The first kappa shape index (κ1) is 25.9. The minimum Gasteiger partial charge on any atom is -0.462 e. The molecule has 1 atom stereocenters. The second kappa shape index (κ2) is 15.9. The first-order valence-corrected chi connectivity index (χ1v) is 10.3. The fourth-order valence-electron chi connectivity index (χ4n) is 2.17. The third-order valence-electron chi connectivity index (χ3n) is 3.44. The largest absolute Gasteiger partial charge is 0.462 e. The summed E-state index contributed by atoms with van der Waals surface area (Å²) in [4.78, 5) is 0. The minimum atomic E-state index is -4.04. The van der Waals surface area contributed by atoms with Crippen LogP contribution in [0.5, 0.6) is 5.75 Å². The fourth-order valence-corrected chi connectivity index (χ4v) is 2.84. The summed E-state index contributed by atoms with van der Waals surface area (Å²) >= 11 is 0. The van der Waals surface area contributed by atoms with E-state index in [4.69, 9.17) is 17.8 Å². The Balaban J connectivity index is 0.00000625. The van der Waals surface area contributed by atoms with Gasteiger partial charge in [0.05, 0.1) is 6.61 Å². The van der Waals surface area contributed by atoms with Gasteiger partial charge in [0.2, 0.25) is 6.29 Å². The maximum atomic E-state index is 11.8. The van der Waals surface area contributed by atoms with Crippen molar-refractivity contribution in [1.29, 1.82) is 0 Å². The quantitative estimate of drug-likeness (QED) is 0.255. The molecule has 0 saturated heterocycles. The van der Waals surface area contributed by atoms with Gasteiger partial charge in [-0.15, -0.1) is 0 Å². The molecule has 26 heavy (non-hydrogen) atoms. The van der Waals surface area contributed by atoms with Crippen LogP contribution in [0, 0.1) is 0 Å². The molecule has 0 amide bonds. The summed E-state index contributed by atoms with van der Waals surface area (Å²) in [5.41, 5.74) is 0. The SMILES string of the molecule is CCCCCCCCOS(=O)(=O)OCC(OCC)Oc1ccccc1.[Na]. The van der Waals surface area contributed by atoms with Crippen LogP contribution in [0.4, 0.5) is 0 Å². The Hall–Kier alpha value is -0.150. The molecule has 145 valence electrons. The molecule has 0 saturated carbocycles. The van der Waals surface area contributed by atoms with Crippen molar-refractivity contribution >= 4 is 40.0 Å². The standard InChI is InChI=1S/C18H30O6S.Na/c1-3-5-6-7-8-12-15-22-25(19,20)23-16-18(21-4-2)24-17-13-10-9-11-14-17;/h9-11,13-14,18H,3-8,12,15-16H2,1-2H3;. The zero-order chi connectivity index (χ0) is 18.4. The van der Waals surface area contributed by atoms with E-state index in [0.29, 0.717) is 18.8 Å². The second-order valence-electron chi connectivity index (χ2n) is 5.60. The molecule has 1 aromatic carbocycles. The summed E-state index contributed by atoms with van der Waals surface area (Å²) in [7, 11) is -4.04. The van der Waals surface area contributed by atoms with Crippen molar-refractivity contribution in [3.8, 4) is 5.75 Å². The predicted octanol–water partition coefficient (Wildman–Crippen LogP) is 3.69. The summed E-state index contributed by atoms with van der Waals surface area (Å²) in [6.45, 7) is 4.20. The van der Waals surface area contributed by atoms with Crippen LogP contribution in [0.25, 0.3) is 0 Å². The van der Waals surface area contributed by atoms with Gasteiger partial charge in [0.1, 0.15) is 12.4 Å². The molecule has 0 N–H and O–H groups in total. The Bertz CT molecular complexity index is 538. The van der Waals surface area contributed by atoms with Crippen LogP contribution in [0.1, 0.15) is 52.4 Å². The third-order valence-corrected chi connectivity index (χ3v) is 4.32. The Morgan fingerprint density at radius 2 is 1.58 bits per heavy atom. The molecule has 0 aromatic heterocycles. The van der Waals surface area contributed by atoms with Crippen LogP contribution >= 0.6 is 0 Å². The normalized spacial score (nSPS) is 12.4. The molecule has 6 nitrogen and oxygen atoms in total. The number of unbranched alkanes of at least 4 members (excludes halogenated alkanes) is 5. The molecule has 0 aliphatic heterocycles. The summed E-state index contributed by atoms with van der Waals surface area (Å²) in [5, 5.41) is 0. The first-order valence-electron chi connectivity index (χ1n) is 8.94. The molecule has 0 aliphatic rings. The Kier molecular flexibility index (Phi) is 15.8. The molecular weight excluding hydrogens is 367 g/mol. The molecule has 1 aromatic rings. The molecule has 0 heterocycles. The first-order chi connectivity index (χ1) is 12.1. The number of benzene rings is 1. The molecule has 8 heteroatoms. The number of rotatable bonds is 15. The van der Waals surface area contributed by atoms with Crippen LogP contribution < -0.4 is 4.74 Å². The summed E-state index contributed by atoms with van der Waals surface area (Å²) in [5.74, 6) is 0.579. The zero-order valence-corrected chi connectivity index (χ0v) is 19.0. The third kappa shape index (κ3) is 13.1. The van der Waals surface area contributed by atoms with Gasteiger partial charge in [-0.05, 0) is 25.5 Å². The average Bonchev–Trinajstić information content (AvgIpc) is 2.60. The van der Waals surface area contributed by atoms with E-state index in [0.717, 1.165) is 12.8 Å². The van der Waals surface area contributed by atoms with Gasteiger partial charge in [0.25, 0.3) is 0 Å². The summed E-state index contributed by atoms with van der Waals surface area (Å²) < 4.78 is 44.2. The van der Waals surface area contributed by atoms with E-state index in [-0.39, 0.29) is 42.8 Å². The maximum absolute atomic E-state index is 11.8. The van der Waals surface area contributed by atoms with E-state index >= 15 is 0 Å². The van der Waals surface area contributed by atoms with Crippen molar-refractivity contribution in [1.82, 2.24) is 0 Å². The van der Waals surface area contributed by atoms with Gasteiger partial charge in [-0.2, -0.15) is 8.42 Å². The fraction of sp³-hybridized carbons (Fsp3) is 0.667. The van der Waals surface area contributed by atoms with Crippen molar-refractivity contribution in [2.75, 3.05) is 19.8 Å². The van der Waals surface area contributed by atoms with Crippen LogP contribution in [-0.2, 0) is 23.5 Å². The number of para-hydroxylation sites is 1. The van der Waals surface area contributed by atoms with Gasteiger partial charge in [0, 0.05) is 36.2 Å². The van der Waals surface area contributed by atoms with Gasteiger partial charge in [0.15, 0.2) is 0 Å². The Labute approximate surface area is 180 Å². The topological polar surface area (TPSA) is 71.1 Å². The molecule has 0 spiro atoms. The molecular formula is C18H30NaO6S. The van der Waals surface area contributed by atoms with E-state index in [1.807, 2.05) is 18.2 Å². The van der Waals surface area contributed by atoms with Crippen LogP contribution in [0.3, 0.4) is 0 Å². The van der Waals surface area contributed by atoms with Crippen molar-refractivity contribution in [3.63, 3.8) is 0 Å². The van der Waals surface area contributed by atoms with E-state index in [9.17, 15) is 8.42 Å². The van der Waals surface area contributed by atoms with Crippen LogP contribution in [0.2, 0.25) is 0 Å². The predicted molar refractivity (Wildman–Crippen MR) is 102 cm³/mol. The van der Waals surface area contributed by atoms with Gasteiger partial charge in [-0.3, -0.25) is 0 Å². The van der Waals surface area contributed by atoms with Crippen LogP contribution in [0.15, 0.2) is 30.3 Å². The molecule has 1 rings (SSSR count). The van der Waals surface area contributed by atoms with Crippen molar-refractivity contribution in [3.05, 3.63) is 30.3 Å². The smallest absolute Gasteiger partial charge is 0.400 e. The van der Waals surface area contributed by atoms with E-state index in [1.165, 1.54) is 19.3 Å². The molecule has 0 fully saturated rings. The maximum Gasteiger partial charge on any atom is 0.400 e. The molecule has 1 radical (unpaired) electrons. The minimum absolute atomic E-state index is 0. The second-order valence-corrected chi connectivity index (χ2v) is 6.89. The molecule has 1 unspecified atom stereocenters. The van der Waals surface area contributed by atoms with E-state index < -0.39 is 16.7 Å². The summed E-state index contributed by atoms with van der Waals surface area (Å²) in [6, 6.07) is 9.02. The van der Waals surface area contributed by atoms with Crippen molar-refractivity contribution in [2.45, 2.75) is 58.7 Å². The average molecular weight is 397 g/mol. The monoisotopic (exact) mass is 397 g/mol. The van der Waals surface area contributed by atoms with Gasteiger partial charge in [-0.1, -0.05) is 57.2 Å². The van der Waals surface area contributed by atoms with Gasteiger partial charge >= 0.3 is 10.4 Å². The van der Waals surface area contributed by atoms with Crippen LogP contribution in [-0.4, -0.2) is 64.1 Å². The van der Waals surface area contributed by atoms with E-state index in [1.54, 1.807) is 19.1 Å². The van der Waals surface area contributed by atoms with Crippen molar-refractivity contribution in [2.24, 2.45) is 0 Å². The number of hydrogen-bond donors (Lipinski definition) is 0. The van der Waals surface area contributed by atoms with Crippen molar-refractivity contribution < 1.29 is 26.3 Å².